The summed E-state index contributed by atoms with van der Waals surface area (Å²) < 4.78 is 4.85. The molecule has 0 radical (unpaired) electrons. The zero-order chi connectivity index (χ0) is 14.0. The van der Waals surface area contributed by atoms with Crippen LogP contribution < -0.4 is 5.32 Å². The van der Waals surface area contributed by atoms with E-state index in [-0.39, 0.29) is 12.0 Å². The molecule has 0 aromatic carbocycles. The minimum Gasteiger partial charge on any atom is -0.468 e. The fourth-order valence-electron chi connectivity index (χ4n) is 3.31. The summed E-state index contributed by atoms with van der Waals surface area (Å²) in [5.41, 5.74) is 0.449. The van der Waals surface area contributed by atoms with Crippen molar-refractivity contribution in [1.82, 2.24) is 5.32 Å². The number of hydrogen-bond acceptors (Lipinski definition) is 4. The Labute approximate surface area is 121 Å². The predicted molar refractivity (Wildman–Crippen MR) is 80.4 cm³/mol. The molecule has 0 aromatic rings. The van der Waals surface area contributed by atoms with Gasteiger partial charge >= 0.3 is 5.97 Å². The highest BCUT2D eigenvalue weighted by Gasteiger charge is 2.41. The van der Waals surface area contributed by atoms with Crippen molar-refractivity contribution in [2.75, 3.05) is 12.9 Å². The van der Waals surface area contributed by atoms with E-state index < -0.39 is 0 Å². The fraction of sp³-hybridized carbons (Fsp3) is 0.933. The molecular weight excluding hydrogens is 258 g/mol. The van der Waals surface area contributed by atoms with E-state index in [1.807, 2.05) is 11.8 Å². The van der Waals surface area contributed by atoms with Gasteiger partial charge in [-0.2, -0.15) is 11.8 Å². The van der Waals surface area contributed by atoms with Crippen molar-refractivity contribution in [3.8, 4) is 0 Å². The molecular formula is C15H27NO2S. The largest absolute Gasteiger partial charge is 0.468 e. The van der Waals surface area contributed by atoms with Gasteiger partial charge in [-0.1, -0.05) is 27.2 Å². The molecule has 1 heterocycles. The molecule has 0 aromatic heterocycles. The Bertz CT molecular complexity index is 332. The van der Waals surface area contributed by atoms with E-state index in [1.54, 1.807) is 0 Å². The Hall–Kier alpha value is -0.220. The zero-order valence-corrected chi connectivity index (χ0v) is 13.4. The van der Waals surface area contributed by atoms with Crippen LogP contribution in [0.3, 0.4) is 0 Å². The van der Waals surface area contributed by atoms with Crippen molar-refractivity contribution in [3.05, 3.63) is 0 Å². The molecule has 2 aliphatic rings. The SMILES string of the molecule is CCC(C)(C)C1CCC2NC(C(=O)OC)CSC2C1. The number of nitrogens with one attached hydrogen (secondary N) is 1. The predicted octanol–water partition coefficient (Wildman–Crippen LogP) is 2.84. The first kappa shape index (κ1) is 15.2. The van der Waals surface area contributed by atoms with Crippen LogP contribution in [0.2, 0.25) is 0 Å². The van der Waals surface area contributed by atoms with E-state index in [0.717, 1.165) is 11.7 Å². The summed E-state index contributed by atoms with van der Waals surface area (Å²) in [6, 6.07) is 0.388. The molecule has 110 valence electrons. The Kier molecular flexibility index (Phi) is 4.83. The lowest BCUT2D eigenvalue weighted by Gasteiger charge is -2.46. The average Bonchev–Trinajstić information content (AvgIpc) is 2.45. The van der Waals surface area contributed by atoms with Crippen molar-refractivity contribution in [3.63, 3.8) is 0 Å². The van der Waals surface area contributed by atoms with Crippen LogP contribution in [0.1, 0.15) is 46.5 Å². The van der Waals surface area contributed by atoms with Gasteiger partial charge in [0.2, 0.25) is 0 Å². The highest BCUT2D eigenvalue weighted by molar-refractivity contribution is 8.00. The minimum atomic E-state index is -0.109. The molecule has 3 nitrogen and oxygen atoms in total. The smallest absolute Gasteiger partial charge is 0.323 e. The van der Waals surface area contributed by atoms with Gasteiger partial charge in [-0.15, -0.1) is 0 Å². The summed E-state index contributed by atoms with van der Waals surface area (Å²) in [6.07, 6.45) is 5.01. The van der Waals surface area contributed by atoms with Crippen molar-refractivity contribution in [2.45, 2.75) is 63.8 Å². The molecule has 1 aliphatic heterocycles. The number of esters is 1. The molecule has 1 N–H and O–H groups in total. The summed E-state index contributed by atoms with van der Waals surface area (Å²) >= 11 is 1.97. The van der Waals surface area contributed by atoms with Crippen molar-refractivity contribution in [2.24, 2.45) is 11.3 Å². The molecule has 2 rings (SSSR count). The number of ether oxygens (including phenoxy) is 1. The second kappa shape index (κ2) is 6.04. The van der Waals surface area contributed by atoms with Crippen LogP contribution in [-0.4, -0.2) is 36.2 Å². The maximum atomic E-state index is 11.6. The molecule has 19 heavy (non-hydrogen) atoms. The molecule has 0 bridgehead atoms. The van der Waals surface area contributed by atoms with Gasteiger partial charge in [-0.05, 0) is 30.6 Å². The number of thioether (sulfide) groups is 1. The van der Waals surface area contributed by atoms with Crippen LogP contribution in [0.15, 0.2) is 0 Å². The number of fused-ring (bicyclic) bond motifs is 1. The number of carbonyl (C=O) groups is 1. The third-order valence-electron chi connectivity index (χ3n) is 5.19. The summed E-state index contributed by atoms with van der Waals surface area (Å²) in [6.45, 7) is 7.10. The number of methoxy groups -OCH3 is 1. The third kappa shape index (κ3) is 3.27. The highest BCUT2D eigenvalue weighted by Crippen LogP contribution is 2.44. The summed E-state index contributed by atoms with van der Waals surface area (Å²) in [5, 5.41) is 4.17. The maximum Gasteiger partial charge on any atom is 0.323 e. The van der Waals surface area contributed by atoms with Crippen molar-refractivity contribution >= 4 is 17.7 Å². The number of rotatable bonds is 3. The van der Waals surface area contributed by atoms with Gasteiger partial charge in [0.05, 0.1) is 7.11 Å². The highest BCUT2D eigenvalue weighted by atomic mass is 32.2. The van der Waals surface area contributed by atoms with Gasteiger partial charge in [-0.25, -0.2) is 0 Å². The summed E-state index contributed by atoms with van der Waals surface area (Å²) in [5.74, 6) is 1.57. The first-order valence-electron chi connectivity index (χ1n) is 7.43. The lowest BCUT2D eigenvalue weighted by Crippen LogP contribution is -2.56. The van der Waals surface area contributed by atoms with E-state index >= 15 is 0 Å². The van der Waals surface area contributed by atoms with E-state index in [0.29, 0.717) is 16.7 Å². The molecule has 2 fully saturated rings. The van der Waals surface area contributed by atoms with Crippen LogP contribution in [-0.2, 0) is 9.53 Å². The maximum absolute atomic E-state index is 11.6. The van der Waals surface area contributed by atoms with Crippen LogP contribution in [0.5, 0.6) is 0 Å². The second-order valence-corrected chi connectivity index (χ2v) is 7.84. The second-order valence-electron chi connectivity index (χ2n) is 6.57. The van der Waals surface area contributed by atoms with Gasteiger partial charge in [-0.3, -0.25) is 10.1 Å². The van der Waals surface area contributed by atoms with Gasteiger partial charge < -0.3 is 4.74 Å². The van der Waals surface area contributed by atoms with Gasteiger partial charge in [0.15, 0.2) is 0 Å². The molecule has 4 unspecified atom stereocenters. The van der Waals surface area contributed by atoms with Gasteiger partial charge in [0.25, 0.3) is 0 Å². The van der Waals surface area contributed by atoms with E-state index in [9.17, 15) is 4.79 Å². The van der Waals surface area contributed by atoms with Crippen LogP contribution in [0, 0.1) is 11.3 Å². The summed E-state index contributed by atoms with van der Waals surface area (Å²) in [7, 11) is 1.47. The zero-order valence-electron chi connectivity index (χ0n) is 12.6. The summed E-state index contributed by atoms with van der Waals surface area (Å²) in [4.78, 5) is 11.6. The molecule has 0 spiro atoms. The molecule has 0 amide bonds. The normalized spacial score (nSPS) is 35.6. The quantitative estimate of drug-likeness (QED) is 0.809. The topological polar surface area (TPSA) is 38.3 Å². The minimum absolute atomic E-state index is 0.105. The van der Waals surface area contributed by atoms with Gasteiger partial charge in [0.1, 0.15) is 6.04 Å². The van der Waals surface area contributed by atoms with Crippen LogP contribution in [0.25, 0.3) is 0 Å². The average molecular weight is 285 g/mol. The first-order chi connectivity index (χ1) is 8.97. The lowest BCUT2D eigenvalue weighted by atomic mass is 9.68. The molecule has 4 heteroatoms. The fourth-order valence-corrected chi connectivity index (χ4v) is 4.79. The van der Waals surface area contributed by atoms with Crippen molar-refractivity contribution < 1.29 is 9.53 Å². The van der Waals surface area contributed by atoms with Crippen LogP contribution in [0.4, 0.5) is 0 Å². The van der Waals surface area contributed by atoms with E-state index in [4.69, 9.17) is 4.74 Å². The van der Waals surface area contributed by atoms with Gasteiger partial charge in [0, 0.05) is 17.0 Å². The standard InChI is InChI=1S/C15H27NO2S/c1-5-15(2,3)10-6-7-11-13(8-10)19-9-12(16-11)14(17)18-4/h10-13,16H,5-9H2,1-4H3. The molecule has 4 atom stereocenters. The monoisotopic (exact) mass is 285 g/mol. The Balaban J connectivity index is 1.94. The Morgan fingerprint density at radius 1 is 1.42 bits per heavy atom. The number of hydrogen-bond donors (Lipinski definition) is 1. The molecule has 1 saturated heterocycles. The molecule has 1 saturated carbocycles. The first-order valence-corrected chi connectivity index (χ1v) is 8.48. The Morgan fingerprint density at radius 3 is 2.79 bits per heavy atom. The van der Waals surface area contributed by atoms with Crippen molar-refractivity contribution in [1.29, 1.82) is 0 Å². The third-order valence-corrected chi connectivity index (χ3v) is 6.66. The molecule has 1 aliphatic carbocycles. The Morgan fingerprint density at radius 2 is 2.16 bits per heavy atom. The van der Waals surface area contributed by atoms with Crippen LogP contribution >= 0.6 is 11.8 Å². The number of carbonyl (C=O) groups excluding carboxylic acids is 1. The lowest BCUT2D eigenvalue weighted by molar-refractivity contribution is -0.142. The van der Waals surface area contributed by atoms with E-state index in [1.165, 1.54) is 32.8 Å². The van der Waals surface area contributed by atoms with E-state index in [2.05, 4.69) is 26.1 Å².